The molecule has 1 amide bonds. The fourth-order valence-electron chi connectivity index (χ4n) is 2.34. The number of aromatic nitrogens is 2. The van der Waals surface area contributed by atoms with E-state index in [4.69, 9.17) is 5.11 Å². The lowest BCUT2D eigenvalue weighted by atomic mass is 9.95. The number of rotatable bonds is 4. The minimum absolute atomic E-state index is 0.00814. The molecule has 1 unspecified atom stereocenters. The largest absolute Gasteiger partial charge is 0.481 e. The van der Waals surface area contributed by atoms with Crippen LogP contribution in [0.25, 0.3) is 0 Å². The third-order valence-electron chi connectivity index (χ3n) is 3.19. The Balaban J connectivity index is 1.88. The monoisotopic (exact) mass is 251 g/mol. The number of piperidine rings is 1. The Labute approximate surface area is 105 Å². The third kappa shape index (κ3) is 3.32. The summed E-state index contributed by atoms with van der Waals surface area (Å²) in [5, 5.41) is 12.8. The molecule has 2 rings (SSSR count). The highest BCUT2D eigenvalue weighted by atomic mass is 16.4. The van der Waals surface area contributed by atoms with Crippen molar-refractivity contribution >= 4 is 11.9 Å². The lowest BCUT2D eigenvalue weighted by Gasteiger charge is -2.32. The molecular weight excluding hydrogens is 234 g/mol. The van der Waals surface area contributed by atoms with Crippen LogP contribution in [0.15, 0.2) is 18.5 Å². The highest BCUT2D eigenvalue weighted by molar-refractivity contribution is 5.76. The first kappa shape index (κ1) is 12.6. The molecule has 0 aliphatic carbocycles. The number of nitrogens with zero attached hydrogens (tertiary/aromatic N) is 3. The van der Waals surface area contributed by atoms with Gasteiger partial charge in [0.2, 0.25) is 5.91 Å². The van der Waals surface area contributed by atoms with E-state index in [1.807, 2.05) is 0 Å². The molecule has 2 heterocycles. The molecule has 6 nitrogen and oxygen atoms in total. The second-order valence-electron chi connectivity index (χ2n) is 4.65. The van der Waals surface area contributed by atoms with Gasteiger partial charge in [-0.15, -0.1) is 0 Å². The van der Waals surface area contributed by atoms with Gasteiger partial charge in [0.05, 0.1) is 0 Å². The van der Waals surface area contributed by atoms with Crippen LogP contribution in [0.1, 0.15) is 19.3 Å². The standard InChI is InChI=1S/C12H17N3O3/c16-11(9-15-6-2-4-13-15)14-5-1-3-10(8-14)7-12(17)18/h2,4,6,10H,1,3,5,7-9H2,(H,17,18). The SMILES string of the molecule is O=C(O)CC1CCCN(C(=O)Cn2cccn2)C1. The molecule has 1 aromatic rings. The van der Waals surface area contributed by atoms with Crippen LogP contribution in [0.2, 0.25) is 0 Å². The molecule has 0 spiro atoms. The van der Waals surface area contributed by atoms with Gasteiger partial charge in [-0.05, 0) is 24.8 Å². The summed E-state index contributed by atoms with van der Waals surface area (Å²) >= 11 is 0. The van der Waals surface area contributed by atoms with E-state index in [-0.39, 0.29) is 24.8 Å². The molecule has 18 heavy (non-hydrogen) atoms. The Hall–Kier alpha value is -1.85. The molecule has 1 atom stereocenters. The zero-order chi connectivity index (χ0) is 13.0. The summed E-state index contributed by atoms with van der Waals surface area (Å²) in [4.78, 5) is 24.4. The zero-order valence-corrected chi connectivity index (χ0v) is 10.2. The maximum Gasteiger partial charge on any atom is 0.303 e. The van der Waals surface area contributed by atoms with Gasteiger partial charge < -0.3 is 10.0 Å². The van der Waals surface area contributed by atoms with Crippen LogP contribution in [0, 0.1) is 5.92 Å². The molecule has 1 aliphatic rings. The van der Waals surface area contributed by atoms with Crippen molar-refractivity contribution in [2.75, 3.05) is 13.1 Å². The number of amides is 1. The van der Waals surface area contributed by atoms with E-state index in [1.165, 1.54) is 0 Å². The van der Waals surface area contributed by atoms with E-state index >= 15 is 0 Å². The van der Waals surface area contributed by atoms with Gasteiger partial charge in [-0.3, -0.25) is 14.3 Å². The molecule has 0 aromatic carbocycles. The molecule has 98 valence electrons. The van der Waals surface area contributed by atoms with Gasteiger partial charge in [-0.1, -0.05) is 0 Å². The second-order valence-corrected chi connectivity index (χ2v) is 4.65. The molecule has 0 radical (unpaired) electrons. The van der Waals surface area contributed by atoms with Crippen LogP contribution in [0.5, 0.6) is 0 Å². The van der Waals surface area contributed by atoms with Crippen LogP contribution in [-0.2, 0) is 16.1 Å². The third-order valence-corrected chi connectivity index (χ3v) is 3.19. The van der Waals surface area contributed by atoms with E-state index < -0.39 is 5.97 Å². The quantitative estimate of drug-likeness (QED) is 0.850. The number of carboxylic acids is 1. The first-order chi connectivity index (χ1) is 8.65. The number of carbonyl (C=O) groups is 2. The summed E-state index contributed by atoms with van der Waals surface area (Å²) < 4.78 is 1.59. The van der Waals surface area contributed by atoms with Crippen molar-refractivity contribution in [3.63, 3.8) is 0 Å². The van der Waals surface area contributed by atoms with E-state index in [9.17, 15) is 9.59 Å². The Bertz CT molecular complexity index is 416. The van der Waals surface area contributed by atoms with Crippen LogP contribution in [-0.4, -0.2) is 44.8 Å². The van der Waals surface area contributed by atoms with Gasteiger partial charge in [-0.25, -0.2) is 0 Å². The molecule has 1 fully saturated rings. The minimum atomic E-state index is -0.790. The fraction of sp³-hybridized carbons (Fsp3) is 0.583. The Morgan fingerprint density at radius 3 is 2.94 bits per heavy atom. The topological polar surface area (TPSA) is 75.4 Å². The molecule has 0 bridgehead atoms. The normalized spacial score (nSPS) is 19.8. The van der Waals surface area contributed by atoms with Crippen LogP contribution < -0.4 is 0 Å². The predicted octanol–water partition coefficient (Wildman–Crippen LogP) is 0.596. The highest BCUT2D eigenvalue weighted by Crippen LogP contribution is 2.19. The summed E-state index contributed by atoms with van der Waals surface area (Å²) in [6.07, 6.45) is 5.29. The maximum absolute atomic E-state index is 12.0. The van der Waals surface area contributed by atoms with Crippen molar-refractivity contribution in [2.45, 2.75) is 25.8 Å². The first-order valence-electron chi connectivity index (χ1n) is 6.12. The molecule has 0 saturated carbocycles. The summed E-state index contributed by atoms with van der Waals surface area (Å²) in [5.41, 5.74) is 0. The summed E-state index contributed by atoms with van der Waals surface area (Å²) in [5.74, 6) is -0.701. The van der Waals surface area contributed by atoms with Gasteiger partial charge in [0, 0.05) is 31.9 Å². The van der Waals surface area contributed by atoms with Crippen LogP contribution in [0.4, 0.5) is 0 Å². The number of likely N-dealkylation sites (tertiary alicyclic amines) is 1. The van der Waals surface area contributed by atoms with Gasteiger partial charge in [0.25, 0.3) is 0 Å². The maximum atomic E-state index is 12.0. The highest BCUT2D eigenvalue weighted by Gasteiger charge is 2.25. The predicted molar refractivity (Wildman–Crippen MR) is 63.8 cm³/mol. The summed E-state index contributed by atoms with van der Waals surface area (Å²) in [6.45, 7) is 1.50. The summed E-state index contributed by atoms with van der Waals surface area (Å²) in [6, 6.07) is 1.77. The molecular formula is C12H17N3O3. The lowest BCUT2D eigenvalue weighted by Crippen LogP contribution is -2.42. The van der Waals surface area contributed by atoms with E-state index in [0.29, 0.717) is 6.54 Å². The summed E-state index contributed by atoms with van der Waals surface area (Å²) in [7, 11) is 0. The Morgan fingerprint density at radius 1 is 1.44 bits per heavy atom. The average Bonchev–Trinajstić information content (AvgIpc) is 2.81. The first-order valence-corrected chi connectivity index (χ1v) is 6.12. The number of carbonyl (C=O) groups excluding carboxylic acids is 1. The van der Waals surface area contributed by atoms with E-state index in [1.54, 1.807) is 28.0 Å². The smallest absolute Gasteiger partial charge is 0.303 e. The number of hydrogen-bond acceptors (Lipinski definition) is 3. The molecule has 1 saturated heterocycles. The van der Waals surface area contributed by atoms with E-state index in [0.717, 1.165) is 19.4 Å². The van der Waals surface area contributed by atoms with Crippen molar-refractivity contribution in [1.29, 1.82) is 0 Å². The van der Waals surface area contributed by atoms with Gasteiger partial charge in [-0.2, -0.15) is 5.10 Å². The van der Waals surface area contributed by atoms with Gasteiger partial charge in [0.1, 0.15) is 6.54 Å². The van der Waals surface area contributed by atoms with Crippen molar-refractivity contribution in [3.05, 3.63) is 18.5 Å². The zero-order valence-electron chi connectivity index (χ0n) is 10.2. The van der Waals surface area contributed by atoms with Crippen molar-refractivity contribution in [1.82, 2.24) is 14.7 Å². The average molecular weight is 251 g/mol. The van der Waals surface area contributed by atoms with Gasteiger partial charge >= 0.3 is 5.97 Å². The minimum Gasteiger partial charge on any atom is -0.481 e. The van der Waals surface area contributed by atoms with Crippen molar-refractivity contribution in [3.8, 4) is 0 Å². The van der Waals surface area contributed by atoms with Crippen LogP contribution >= 0.6 is 0 Å². The lowest BCUT2D eigenvalue weighted by molar-refractivity contribution is -0.141. The molecule has 1 aliphatic heterocycles. The molecule has 1 N–H and O–H groups in total. The van der Waals surface area contributed by atoms with Crippen LogP contribution in [0.3, 0.4) is 0 Å². The van der Waals surface area contributed by atoms with Crippen molar-refractivity contribution in [2.24, 2.45) is 5.92 Å². The molecule has 6 heteroatoms. The number of aliphatic carboxylic acids is 1. The fourth-order valence-corrected chi connectivity index (χ4v) is 2.34. The second kappa shape index (κ2) is 5.66. The number of hydrogen-bond donors (Lipinski definition) is 1. The Morgan fingerprint density at radius 2 is 2.28 bits per heavy atom. The van der Waals surface area contributed by atoms with Gasteiger partial charge in [0.15, 0.2) is 0 Å². The van der Waals surface area contributed by atoms with E-state index in [2.05, 4.69) is 5.10 Å². The number of carboxylic acid groups (broad SMARTS) is 1. The van der Waals surface area contributed by atoms with Crippen molar-refractivity contribution < 1.29 is 14.7 Å². The molecule has 1 aromatic heterocycles. The Kier molecular flexibility index (Phi) is 3.96.